The van der Waals surface area contributed by atoms with E-state index in [0.29, 0.717) is 67.5 Å². The zero-order valence-electron chi connectivity index (χ0n) is 42.7. The topological polar surface area (TPSA) is 128 Å². The number of benzene rings is 4. The molecule has 10 rings (SSSR count). The Morgan fingerprint density at radius 1 is 0.632 bits per heavy atom. The van der Waals surface area contributed by atoms with Gasteiger partial charge in [-0.05, 0) is 134 Å². The lowest BCUT2D eigenvalue weighted by Crippen LogP contribution is -2.44. The normalized spacial score (nSPS) is 12.8. The van der Waals surface area contributed by atoms with Gasteiger partial charge in [-0.25, -0.2) is 41.5 Å². The zero-order chi connectivity index (χ0) is 53.7. The molecule has 0 N–H and O–H groups in total. The van der Waals surface area contributed by atoms with E-state index in [1.54, 1.807) is 99.4 Å². The number of halogens is 4. The second kappa shape index (κ2) is 21.9. The van der Waals surface area contributed by atoms with Crippen LogP contribution in [0.3, 0.4) is 0 Å². The van der Waals surface area contributed by atoms with E-state index in [2.05, 4.69) is 58.6 Å². The maximum Gasteiger partial charge on any atom is 0.270 e. The van der Waals surface area contributed by atoms with Crippen molar-refractivity contribution in [2.24, 2.45) is 0 Å². The van der Waals surface area contributed by atoms with Crippen molar-refractivity contribution in [2.45, 2.75) is 52.4 Å². The van der Waals surface area contributed by atoms with Crippen LogP contribution in [-0.4, -0.2) is 95.6 Å². The summed E-state index contributed by atoms with van der Waals surface area (Å²) in [4.78, 5) is 43.6. The van der Waals surface area contributed by atoms with Gasteiger partial charge in [-0.3, -0.25) is 9.59 Å². The summed E-state index contributed by atoms with van der Waals surface area (Å²) in [7, 11) is 3.57. The van der Waals surface area contributed by atoms with E-state index >= 15 is 0 Å². The molecule has 13 nitrogen and oxygen atoms in total. The van der Waals surface area contributed by atoms with Gasteiger partial charge in [0.05, 0.1) is 37.1 Å². The number of nitrogens with zero attached hydrogens (tertiary/aromatic N) is 10. The van der Waals surface area contributed by atoms with E-state index in [4.69, 9.17) is 4.74 Å². The summed E-state index contributed by atoms with van der Waals surface area (Å²) in [6.07, 6.45) is 9.85. The number of carbonyl (C=O) groups excluding carboxylic acids is 2. The minimum atomic E-state index is -3.07. The molecule has 1 aliphatic heterocycles. The number of Topliss-reactive ketones (excluding diaryl/α,β-unsaturated/α-hetero) is 2. The number of ether oxygens (including phenoxy) is 1. The smallest absolute Gasteiger partial charge is 0.270 e. The molecule has 4 aromatic carbocycles. The first kappa shape index (κ1) is 52.0. The Balaban J connectivity index is 0.000000186. The molecular formula is C59H52F4N10O3. The number of hydrogen-bond acceptors (Lipinski definition) is 10. The number of alkyl halides is 4. The van der Waals surface area contributed by atoms with Crippen LogP contribution in [0.2, 0.25) is 0 Å². The number of rotatable bonds is 11. The molecule has 17 heteroatoms. The van der Waals surface area contributed by atoms with Crippen molar-refractivity contribution in [3.05, 3.63) is 202 Å². The minimum absolute atomic E-state index is 0.0256. The SMILES string of the molecule is COc1ccc(C(=O)Cc2cc(-n3cnc(C)c3)cc(C(C)(F)F)c2)cc1C#Cc1cnc2cccnn12.Cc1ccc(C(=O)Cc2cc(N3CCN(C)CC3)cc(C(C)(F)F)c2)cc1C#Cc1cnc2cccnn12. The Morgan fingerprint density at radius 3 is 1.70 bits per heavy atom. The van der Waals surface area contributed by atoms with Gasteiger partial charge >= 0.3 is 0 Å². The summed E-state index contributed by atoms with van der Waals surface area (Å²) >= 11 is 0. The van der Waals surface area contributed by atoms with Crippen molar-refractivity contribution in [1.82, 2.24) is 43.6 Å². The lowest BCUT2D eigenvalue weighted by molar-refractivity contribution is 0.0167. The van der Waals surface area contributed by atoms with Crippen molar-refractivity contribution < 1.29 is 31.9 Å². The Labute approximate surface area is 436 Å². The van der Waals surface area contributed by atoms with Crippen LogP contribution in [0.25, 0.3) is 17.0 Å². The Kier molecular flexibility index (Phi) is 15.0. The molecule has 0 spiro atoms. The molecule has 0 atom stereocenters. The van der Waals surface area contributed by atoms with Crippen LogP contribution in [-0.2, 0) is 24.7 Å². The standard InChI is InChI=1S/C30H29F2N5O.C29H23F2N5O2/c1-21-6-7-24(18-23(21)8-9-26-20-33-29-5-4-10-34-37(26)29)28(38)17-22-15-25(30(2,31)32)19-27(16-22)36-13-11-35(3)12-14-36;1-19-17-35(18-33-19)25-12-20(11-23(15-25)29(2,30)31)13-26(37)21-7-9-27(38-3)22(14-21)6-8-24-16-32-28-5-4-10-34-36(24)28/h4-7,10,15-16,18-20H,11-14,17H2,1-3H3;4-5,7,9-12,14-18H,13H2,1-3H3. The van der Waals surface area contributed by atoms with Crippen LogP contribution in [0.4, 0.5) is 23.2 Å². The van der Waals surface area contributed by atoms with Gasteiger partial charge < -0.3 is 19.1 Å². The number of methoxy groups -OCH3 is 1. The fourth-order valence-electron chi connectivity index (χ4n) is 8.59. The highest BCUT2D eigenvalue weighted by Gasteiger charge is 2.28. The van der Waals surface area contributed by atoms with Gasteiger partial charge in [0.25, 0.3) is 11.8 Å². The summed E-state index contributed by atoms with van der Waals surface area (Å²) in [6.45, 7) is 8.71. The lowest BCUT2D eigenvalue weighted by atomic mass is 9.96. The molecule has 5 aromatic heterocycles. The van der Waals surface area contributed by atoms with Gasteiger partial charge in [0.2, 0.25) is 0 Å². The van der Waals surface area contributed by atoms with Gasteiger partial charge in [0, 0.05) is 111 Å². The highest BCUT2D eigenvalue weighted by molar-refractivity contribution is 5.99. The summed E-state index contributed by atoms with van der Waals surface area (Å²) in [6, 6.07) is 27.0. The van der Waals surface area contributed by atoms with Crippen LogP contribution < -0.4 is 9.64 Å². The molecule has 0 radical (unpaired) electrons. The Hall–Kier alpha value is -8.93. The fourth-order valence-corrected chi connectivity index (χ4v) is 8.59. The lowest BCUT2D eigenvalue weighted by Gasteiger charge is -2.34. The number of aromatic nitrogens is 8. The molecule has 0 amide bonds. The number of likely N-dealkylation sites (N-methyl/N-ethyl adjacent to an activating group) is 1. The van der Waals surface area contributed by atoms with Gasteiger partial charge in [-0.2, -0.15) is 10.2 Å². The van der Waals surface area contributed by atoms with E-state index in [0.717, 1.165) is 57.0 Å². The van der Waals surface area contributed by atoms with E-state index in [9.17, 15) is 27.2 Å². The third-order valence-corrected chi connectivity index (χ3v) is 12.9. The predicted octanol–water partition coefficient (Wildman–Crippen LogP) is 9.90. The number of anilines is 1. The van der Waals surface area contributed by atoms with Crippen molar-refractivity contribution >= 4 is 28.5 Å². The Bertz CT molecular complexity index is 3760. The first-order valence-electron chi connectivity index (χ1n) is 24.3. The van der Waals surface area contributed by atoms with Gasteiger partial charge in [0.15, 0.2) is 22.9 Å². The van der Waals surface area contributed by atoms with Crippen LogP contribution in [0.15, 0.2) is 134 Å². The van der Waals surface area contributed by atoms with E-state index in [1.165, 1.54) is 25.3 Å². The van der Waals surface area contributed by atoms with Crippen molar-refractivity contribution in [3.63, 3.8) is 0 Å². The fraction of sp³-hybridized carbons (Fsp3) is 0.237. The molecule has 0 unspecified atom stereocenters. The van der Waals surface area contributed by atoms with E-state index in [-0.39, 0.29) is 35.5 Å². The summed E-state index contributed by atoms with van der Waals surface area (Å²) in [5, 5.41) is 8.53. The predicted molar refractivity (Wildman–Crippen MR) is 282 cm³/mol. The summed E-state index contributed by atoms with van der Waals surface area (Å²) in [5.41, 5.74) is 8.42. The molecule has 76 heavy (non-hydrogen) atoms. The maximum atomic E-state index is 14.4. The van der Waals surface area contributed by atoms with E-state index in [1.807, 2.05) is 51.2 Å². The molecular weight excluding hydrogens is 973 g/mol. The van der Waals surface area contributed by atoms with Crippen molar-refractivity contribution in [2.75, 3.05) is 45.2 Å². The Morgan fingerprint density at radius 2 is 1.16 bits per heavy atom. The molecule has 0 bridgehead atoms. The number of piperazine rings is 1. The molecule has 9 aromatic rings. The van der Waals surface area contributed by atoms with Crippen LogP contribution in [0, 0.1) is 37.5 Å². The first-order chi connectivity index (χ1) is 36.4. The zero-order valence-corrected chi connectivity index (χ0v) is 42.7. The second-order valence-corrected chi connectivity index (χ2v) is 18.8. The van der Waals surface area contributed by atoms with Crippen molar-refractivity contribution in [3.8, 4) is 35.1 Å². The third kappa shape index (κ3) is 12.2. The largest absolute Gasteiger partial charge is 0.495 e. The number of hydrogen-bond donors (Lipinski definition) is 0. The monoisotopic (exact) mass is 1020 g/mol. The average molecular weight is 1030 g/mol. The number of fused-ring (bicyclic) bond motifs is 2. The number of carbonyl (C=O) groups is 2. The van der Waals surface area contributed by atoms with E-state index < -0.39 is 11.8 Å². The summed E-state index contributed by atoms with van der Waals surface area (Å²) in [5.74, 6) is 6.35. The van der Waals surface area contributed by atoms with Crippen LogP contribution >= 0.6 is 0 Å². The van der Waals surface area contributed by atoms with Gasteiger partial charge in [0.1, 0.15) is 17.1 Å². The second-order valence-electron chi connectivity index (χ2n) is 18.8. The minimum Gasteiger partial charge on any atom is -0.495 e. The molecule has 6 heterocycles. The maximum absolute atomic E-state index is 14.4. The van der Waals surface area contributed by atoms with Crippen LogP contribution in [0.1, 0.15) is 90.6 Å². The molecule has 0 aliphatic carbocycles. The third-order valence-electron chi connectivity index (χ3n) is 12.9. The van der Waals surface area contributed by atoms with Crippen molar-refractivity contribution in [1.29, 1.82) is 0 Å². The number of aryl methyl sites for hydroxylation is 2. The molecule has 1 fully saturated rings. The number of ketones is 2. The highest BCUT2D eigenvalue weighted by Crippen LogP contribution is 2.33. The quantitative estimate of drug-likeness (QED) is 0.0702. The molecule has 384 valence electrons. The van der Waals surface area contributed by atoms with Gasteiger partial charge in [-0.1, -0.05) is 24.0 Å². The average Bonchev–Trinajstić information content (AvgIpc) is 4.16. The number of imidazole rings is 3. The first-order valence-corrected chi connectivity index (χ1v) is 24.3. The molecule has 0 saturated carbocycles. The highest BCUT2D eigenvalue weighted by atomic mass is 19.3. The summed E-state index contributed by atoms with van der Waals surface area (Å²) < 4.78 is 67.7. The molecule has 1 aliphatic rings. The van der Waals surface area contributed by atoms with Crippen LogP contribution in [0.5, 0.6) is 5.75 Å². The molecule has 1 saturated heterocycles. The van der Waals surface area contributed by atoms with Gasteiger partial charge in [-0.15, -0.1) is 0 Å².